The molecule has 7 rings (SSSR count). The van der Waals surface area contributed by atoms with Gasteiger partial charge in [-0.25, -0.2) is 36.7 Å². The highest BCUT2D eigenvalue weighted by atomic mass is 19.2. The number of ether oxygens (including phenoxy) is 2. The van der Waals surface area contributed by atoms with E-state index in [0.717, 1.165) is 11.1 Å². The van der Waals surface area contributed by atoms with Crippen LogP contribution in [0.5, 0.6) is 23.0 Å². The zero-order valence-corrected chi connectivity index (χ0v) is 28.2. The molecule has 6 aromatic carbocycles. The number of hydrogen-bond acceptors (Lipinski definition) is 6. The van der Waals surface area contributed by atoms with E-state index in [-0.39, 0.29) is 11.5 Å². The monoisotopic (exact) mass is 786 g/mol. The largest absolute Gasteiger partial charge is 0.478 e. The van der Waals surface area contributed by atoms with Crippen LogP contribution in [0.15, 0.2) is 97.1 Å². The third kappa shape index (κ3) is 5.76. The minimum absolute atomic E-state index is 0.320. The molecule has 4 N–H and O–H groups in total. The summed E-state index contributed by atoms with van der Waals surface area (Å²) in [6.45, 7) is 0. The van der Waals surface area contributed by atoms with Crippen molar-refractivity contribution in [2.24, 2.45) is 0 Å². The molecule has 57 heavy (non-hydrogen) atoms. The number of carboxylic acids is 4. The average Bonchev–Trinajstić information content (AvgIpc) is 3.48. The summed E-state index contributed by atoms with van der Waals surface area (Å²) in [5.74, 6) is -24.9. The van der Waals surface area contributed by atoms with Crippen LogP contribution in [0.25, 0.3) is 11.1 Å². The van der Waals surface area contributed by atoms with E-state index in [1.807, 2.05) is 24.3 Å². The molecule has 0 bridgehead atoms. The van der Waals surface area contributed by atoms with Gasteiger partial charge in [0, 0.05) is 0 Å². The van der Waals surface area contributed by atoms with Crippen molar-refractivity contribution in [3.63, 3.8) is 0 Å². The fourth-order valence-corrected chi connectivity index (χ4v) is 7.07. The molecule has 0 heterocycles. The highest BCUT2D eigenvalue weighted by molar-refractivity contribution is 6.03. The van der Waals surface area contributed by atoms with Crippen molar-refractivity contribution in [1.29, 1.82) is 0 Å². The highest BCUT2D eigenvalue weighted by Gasteiger charge is 2.46. The molecule has 0 aromatic heterocycles. The first-order chi connectivity index (χ1) is 27.1. The molecule has 286 valence electrons. The molecule has 0 unspecified atom stereocenters. The van der Waals surface area contributed by atoms with Crippen LogP contribution in [0.3, 0.4) is 0 Å². The summed E-state index contributed by atoms with van der Waals surface area (Å²) in [5, 5.41) is 37.2. The quantitative estimate of drug-likeness (QED) is 0.0775. The Hall–Kier alpha value is -7.62. The van der Waals surface area contributed by atoms with E-state index in [4.69, 9.17) is 9.47 Å². The van der Waals surface area contributed by atoms with Crippen molar-refractivity contribution in [3.05, 3.63) is 176 Å². The van der Waals surface area contributed by atoms with Gasteiger partial charge in [0.2, 0.25) is 23.1 Å². The van der Waals surface area contributed by atoms with Crippen LogP contribution >= 0.6 is 0 Å². The molecule has 1 aliphatic carbocycles. The van der Waals surface area contributed by atoms with Gasteiger partial charge in [0.15, 0.2) is 23.3 Å². The van der Waals surface area contributed by atoms with Crippen LogP contribution in [-0.4, -0.2) is 44.3 Å². The summed E-state index contributed by atoms with van der Waals surface area (Å²) >= 11 is 0. The maximum Gasteiger partial charge on any atom is 0.339 e. The van der Waals surface area contributed by atoms with Gasteiger partial charge in [-0.15, -0.1) is 0 Å². The third-order valence-corrected chi connectivity index (χ3v) is 9.38. The number of fused-ring (bicyclic) bond motifs is 3. The van der Waals surface area contributed by atoms with E-state index < -0.39 is 97.9 Å². The maximum atomic E-state index is 15.3. The molecular weight excluding hydrogens is 766 g/mol. The molecule has 0 amide bonds. The molecule has 0 spiro atoms. The molecule has 0 radical (unpaired) electrons. The maximum absolute atomic E-state index is 15.3. The van der Waals surface area contributed by atoms with Crippen LogP contribution < -0.4 is 9.47 Å². The predicted octanol–water partition coefficient (Wildman–Crippen LogP) is 9.26. The Bertz CT molecular complexity index is 2530. The van der Waals surface area contributed by atoms with Crippen molar-refractivity contribution in [2.75, 3.05) is 0 Å². The molecular formula is C41H20F6O10. The number of halogens is 6. The number of carboxylic acid groups (broad SMARTS) is 4. The zero-order chi connectivity index (χ0) is 41.1. The van der Waals surface area contributed by atoms with Gasteiger partial charge in [-0.1, -0.05) is 72.8 Å². The van der Waals surface area contributed by atoms with E-state index in [1.54, 1.807) is 24.3 Å². The van der Waals surface area contributed by atoms with Gasteiger partial charge in [0.1, 0.15) is 33.8 Å². The summed E-state index contributed by atoms with van der Waals surface area (Å²) in [6.07, 6.45) is 0. The standard InChI is InChI=1S/C41H20F6O10/c42-29-25(37(48)49)27(39(52)53)31(44)35(33(29)46)56-19-13-9-17(10-14-19)41(23-7-3-1-5-21(23)22-6-2-4-8-24(22)41)18-11-15-20(16-12-18)57-36-32(45)28(40(54)55)26(38(50)51)30(43)34(36)47/h1-16H,(H,48,49)(H,50,51)(H,52,53)(H,54,55). The van der Waals surface area contributed by atoms with Gasteiger partial charge in [-0.3, -0.25) is 0 Å². The van der Waals surface area contributed by atoms with Crippen LogP contribution in [0.4, 0.5) is 26.3 Å². The van der Waals surface area contributed by atoms with Gasteiger partial charge >= 0.3 is 23.9 Å². The number of rotatable bonds is 10. The number of aromatic carboxylic acids is 4. The lowest BCUT2D eigenvalue weighted by atomic mass is 9.68. The van der Waals surface area contributed by atoms with Crippen molar-refractivity contribution in [3.8, 4) is 34.1 Å². The normalized spacial score (nSPS) is 12.4. The predicted molar refractivity (Wildman–Crippen MR) is 184 cm³/mol. The van der Waals surface area contributed by atoms with Crippen LogP contribution in [0.1, 0.15) is 63.7 Å². The molecule has 0 saturated heterocycles. The summed E-state index contributed by atoms with van der Waals surface area (Å²) in [7, 11) is 0. The lowest BCUT2D eigenvalue weighted by molar-refractivity contribution is 0.0640. The van der Waals surface area contributed by atoms with Crippen LogP contribution in [0, 0.1) is 34.9 Å². The Morgan fingerprint density at radius 1 is 0.404 bits per heavy atom. The first-order valence-corrected chi connectivity index (χ1v) is 16.2. The second-order valence-corrected chi connectivity index (χ2v) is 12.4. The summed E-state index contributed by atoms with van der Waals surface area (Å²) in [5.41, 5.74) is -4.07. The SMILES string of the molecule is O=C(O)c1c(F)c(F)c(Oc2ccc(C3(c4ccc(Oc5c(F)c(F)c(C(=O)O)c(C(=O)O)c5F)cc4)c4ccccc4-c4ccccc43)cc2)c(F)c1C(=O)O. The second kappa shape index (κ2) is 13.9. The van der Waals surface area contributed by atoms with E-state index in [1.165, 1.54) is 48.5 Å². The lowest BCUT2D eigenvalue weighted by Gasteiger charge is -2.34. The Morgan fingerprint density at radius 2 is 0.702 bits per heavy atom. The topological polar surface area (TPSA) is 168 Å². The van der Waals surface area contributed by atoms with Gasteiger partial charge in [0.05, 0.1) is 5.41 Å². The minimum atomic E-state index is -2.23. The van der Waals surface area contributed by atoms with E-state index in [0.29, 0.717) is 22.3 Å². The number of benzene rings is 6. The van der Waals surface area contributed by atoms with E-state index in [2.05, 4.69) is 0 Å². The Kier molecular flexibility index (Phi) is 9.19. The molecule has 0 aliphatic heterocycles. The smallest absolute Gasteiger partial charge is 0.339 e. The van der Waals surface area contributed by atoms with Crippen molar-refractivity contribution >= 4 is 23.9 Å². The molecule has 6 aromatic rings. The van der Waals surface area contributed by atoms with E-state index >= 15 is 8.78 Å². The number of hydrogen-bond donors (Lipinski definition) is 4. The summed E-state index contributed by atoms with van der Waals surface area (Å²) in [6, 6.07) is 25.4. The number of carbonyl (C=O) groups is 4. The fourth-order valence-electron chi connectivity index (χ4n) is 7.07. The Morgan fingerprint density at radius 3 is 1.02 bits per heavy atom. The van der Waals surface area contributed by atoms with Crippen LogP contribution in [-0.2, 0) is 5.41 Å². The van der Waals surface area contributed by atoms with Crippen molar-refractivity contribution in [1.82, 2.24) is 0 Å². The van der Waals surface area contributed by atoms with Crippen molar-refractivity contribution in [2.45, 2.75) is 5.41 Å². The molecule has 0 saturated carbocycles. The molecule has 0 atom stereocenters. The second-order valence-electron chi connectivity index (χ2n) is 12.4. The molecule has 16 heteroatoms. The van der Waals surface area contributed by atoms with Gasteiger partial charge in [0.25, 0.3) is 0 Å². The zero-order valence-electron chi connectivity index (χ0n) is 28.2. The highest BCUT2D eigenvalue weighted by Crippen LogP contribution is 2.56. The minimum Gasteiger partial charge on any atom is -0.478 e. The lowest BCUT2D eigenvalue weighted by Crippen LogP contribution is -2.28. The van der Waals surface area contributed by atoms with Gasteiger partial charge in [-0.05, 0) is 57.6 Å². The van der Waals surface area contributed by atoms with Crippen molar-refractivity contribution < 1.29 is 75.4 Å². The Labute approximate surface area is 315 Å². The summed E-state index contributed by atoms with van der Waals surface area (Å²) in [4.78, 5) is 46.2. The summed E-state index contributed by atoms with van der Waals surface area (Å²) < 4.78 is 100. The first-order valence-electron chi connectivity index (χ1n) is 16.2. The fraction of sp³-hybridized carbons (Fsp3) is 0.0244. The Balaban J connectivity index is 1.35. The van der Waals surface area contributed by atoms with Crippen LogP contribution in [0.2, 0.25) is 0 Å². The molecule has 1 aliphatic rings. The molecule has 10 nitrogen and oxygen atoms in total. The van der Waals surface area contributed by atoms with Gasteiger partial charge in [-0.2, -0.15) is 8.78 Å². The first kappa shape index (κ1) is 37.7. The average molecular weight is 787 g/mol. The van der Waals surface area contributed by atoms with Gasteiger partial charge < -0.3 is 29.9 Å². The molecule has 0 fully saturated rings. The third-order valence-electron chi connectivity index (χ3n) is 9.38. The van der Waals surface area contributed by atoms with E-state index in [9.17, 15) is 57.2 Å².